The van der Waals surface area contributed by atoms with Gasteiger partial charge in [0, 0.05) is 11.6 Å². The maximum atomic E-state index is 12.8. The highest BCUT2D eigenvalue weighted by Gasteiger charge is 2.33. The quantitative estimate of drug-likeness (QED) is 0.652. The van der Waals surface area contributed by atoms with Crippen molar-refractivity contribution in [1.29, 1.82) is 0 Å². The maximum Gasteiger partial charge on any atom is 0.418 e. The van der Waals surface area contributed by atoms with Crippen LogP contribution in [0.1, 0.15) is 30.5 Å². The molecule has 2 rings (SSSR count). The van der Waals surface area contributed by atoms with E-state index < -0.39 is 11.7 Å². The fraction of sp³-hybridized carbons (Fsp3) is 0.357. The average Bonchev–Trinajstić information content (AvgIpc) is 2.31. The Labute approximate surface area is 105 Å². The minimum absolute atomic E-state index is 0.0260. The number of aryl methyl sites for hydroxylation is 2. The molecule has 1 aromatic carbocycles. The molecule has 1 aromatic heterocycles. The third-order valence-electron chi connectivity index (χ3n) is 2.51. The number of rotatable bonds is 0. The van der Waals surface area contributed by atoms with E-state index in [4.69, 9.17) is 0 Å². The first-order valence-electron chi connectivity index (χ1n) is 5.83. The minimum atomic E-state index is -4.36. The van der Waals surface area contributed by atoms with Gasteiger partial charge in [0.15, 0.2) is 0 Å². The normalized spacial score (nSPS) is 11.1. The van der Waals surface area contributed by atoms with Gasteiger partial charge in [-0.05, 0) is 43.2 Å². The Morgan fingerprint density at radius 3 is 2.22 bits per heavy atom. The van der Waals surface area contributed by atoms with Crippen LogP contribution in [0, 0.1) is 13.8 Å². The molecule has 0 fully saturated rings. The van der Waals surface area contributed by atoms with E-state index in [1.54, 1.807) is 26.0 Å². The Balaban J connectivity index is 0.000000771. The second-order valence-corrected chi connectivity index (χ2v) is 3.83. The van der Waals surface area contributed by atoms with Crippen LogP contribution in [0.3, 0.4) is 0 Å². The summed E-state index contributed by atoms with van der Waals surface area (Å²) in [4.78, 5) is 3.83. The van der Waals surface area contributed by atoms with Gasteiger partial charge in [0.1, 0.15) is 0 Å². The molecule has 0 saturated carbocycles. The number of hydrogen-bond donors (Lipinski definition) is 0. The number of fused-ring (bicyclic) bond motifs is 1. The molecule has 0 saturated heterocycles. The smallest absolute Gasteiger partial charge is 0.256 e. The molecular weight excluding hydrogens is 239 g/mol. The van der Waals surface area contributed by atoms with Crippen LogP contribution in [0.4, 0.5) is 13.2 Å². The second-order valence-electron chi connectivity index (χ2n) is 3.83. The lowest BCUT2D eigenvalue weighted by atomic mass is 10.0. The molecule has 4 heteroatoms. The first-order chi connectivity index (χ1) is 8.39. The minimum Gasteiger partial charge on any atom is -0.256 e. The fourth-order valence-corrected chi connectivity index (χ4v) is 1.75. The predicted molar refractivity (Wildman–Crippen MR) is 67.6 cm³/mol. The molecule has 0 N–H and O–H groups in total. The maximum absolute atomic E-state index is 12.8. The highest BCUT2D eigenvalue weighted by molar-refractivity contribution is 5.85. The van der Waals surface area contributed by atoms with E-state index in [0.29, 0.717) is 10.9 Å². The van der Waals surface area contributed by atoms with Gasteiger partial charge in [-0.3, -0.25) is 4.98 Å². The van der Waals surface area contributed by atoms with Gasteiger partial charge in [0.2, 0.25) is 0 Å². The number of alkyl halides is 3. The van der Waals surface area contributed by atoms with Crippen LogP contribution in [-0.2, 0) is 6.18 Å². The van der Waals surface area contributed by atoms with Gasteiger partial charge in [0.25, 0.3) is 0 Å². The summed E-state index contributed by atoms with van der Waals surface area (Å²) in [6.45, 7) is 7.44. The lowest BCUT2D eigenvalue weighted by molar-refractivity contribution is -0.136. The van der Waals surface area contributed by atoms with E-state index in [1.807, 2.05) is 13.8 Å². The lowest BCUT2D eigenvalue weighted by Crippen LogP contribution is -2.07. The van der Waals surface area contributed by atoms with E-state index >= 15 is 0 Å². The molecule has 0 amide bonds. The van der Waals surface area contributed by atoms with E-state index in [1.165, 1.54) is 6.20 Å². The highest BCUT2D eigenvalue weighted by Crippen LogP contribution is 2.35. The van der Waals surface area contributed by atoms with Crippen molar-refractivity contribution >= 4 is 10.9 Å². The molecule has 18 heavy (non-hydrogen) atoms. The molecule has 0 aliphatic carbocycles. The monoisotopic (exact) mass is 255 g/mol. The van der Waals surface area contributed by atoms with Crippen LogP contribution in [0.15, 0.2) is 24.4 Å². The molecular formula is C14H16F3N. The number of halogens is 3. The third-order valence-corrected chi connectivity index (χ3v) is 2.51. The summed E-state index contributed by atoms with van der Waals surface area (Å²) in [7, 11) is 0. The molecule has 0 aliphatic rings. The number of pyridine rings is 1. The standard InChI is InChI=1S/C12H10F3N.C2H6/c1-7-5-9-8(2)3-4-16-11(9)10(6-7)12(13,14)15;1-2/h3-6H,1-2H3;1-2H3. The summed E-state index contributed by atoms with van der Waals surface area (Å²) in [5.74, 6) is 0. The number of aromatic nitrogens is 1. The van der Waals surface area contributed by atoms with Crippen molar-refractivity contribution < 1.29 is 13.2 Å². The molecule has 1 heterocycles. The molecule has 0 aliphatic heterocycles. The number of benzene rings is 1. The zero-order valence-corrected chi connectivity index (χ0v) is 10.9. The zero-order chi connectivity index (χ0) is 13.9. The zero-order valence-electron chi connectivity index (χ0n) is 10.9. The Bertz CT molecular complexity index is 544. The molecule has 98 valence electrons. The summed E-state index contributed by atoms with van der Waals surface area (Å²) in [5, 5.41) is 0.565. The average molecular weight is 255 g/mol. The predicted octanol–water partition coefficient (Wildman–Crippen LogP) is 4.90. The molecule has 1 nitrogen and oxygen atoms in total. The van der Waals surface area contributed by atoms with Crippen LogP contribution < -0.4 is 0 Å². The number of nitrogens with zero attached hydrogens (tertiary/aromatic N) is 1. The highest BCUT2D eigenvalue weighted by atomic mass is 19.4. The van der Waals surface area contributed by atoms with Crippen molar-refractivity contribution in [1.82, 2.24) is 4.98 Å². The van der Waals surface area contributed by atoms with Gasteiger partial charge in [-0.2, -0.15) is 13.2 Å². The van der Waals surface area contributed by atoms with Crippen LogP contribution in [0.25, 0.3) is 10.9 Å². The fourth-order valence-electron chi connectivity index (χ4n) is 1.75. The first-order valence-corrected chi connectivity index (χ1v) is 5.83. The van der Waals surface area contributed by atoms with E-state index in [0.717, 1.165) is 11.6 Å². The Kier molecular flexibility index (Phi) is 4.33. The van der Waals surface area contributed by atoms with E-state index in [9.17, 15) is 13.2 Å². The van der Waals surface area contributed by atoms with Crippen molar-refractivity contribution in [3.05, 3.63) is 41.1 Å². The Morgan fingerprint density at radius 1 is 1.06 bits per heavy atom. The van der Waals surface area contributed by atoms with Gasteiger partial charge < -0.3 is 0 Å². The second kappa shape index (κ2) is 5.38. The first kappa shape index (κ1) is 14.5. The van der Waals surface area contributed by atoms with Gasteiger partial charge in [-0.25, -0.2) is 0 Å². The van der Waals surface area contributed by atoms with E-state index in [-0.39, 0.29) is 5.52 Å². The topological polar surface area (TPSA) is 12.9 Å². The van der Waals surface area contributed by atoms with Crippen LogP contribution in [0.5, 0.6) is 0 Å². The molecule has 0 atom stereocenters. The molecule has 0 spiro atoms. The largest absolute Gasteiger partial charge is 0.418 e. The van der Waals surface area contributed by atoms with Crippen molar-refractivity contribution in [2.45, 2.75) is 33.9 Å². The van der Waals surface area contributed by atoms with Crippen molar-refractivity contribution in [2.24, 2.45) is 0 Å². The third kappa shape index (κ3) is 2.81. The van der Waals surface area contributed by atoms with Crippen molar-refractivity contribution in [2.75, 3.05) is 0 Å². The van der Waals surface area contributed by atoms with Crippen molar-refractivity contribution in [3.8, 4) is 0 Å². The molecule has 0 unspecified atom stereocenters. The number of hydrogen-bond acceptors (Lipinski definition) is 1. The van der Waals surface area contributed by atoms with Gasteiger partial charge in [-0.1, -0.05) is 13.8 Å². The van der Waals surface area contributed by atoms with Crippen LogP contribution in [0.2, 0.25) is 0 Å². The Hall–Kier alpha value is -1.58. The molecule has 0 radical (unpaired) electrons. The van der Waals surface area contributed by atoms with Gasteiger partial charge in [0.05, 0.1) is 11.1 Å². The molecule has 0 bridgehead atoms. The lowest BCUT2D eigenvalue weighted by Gasteiger charge is -2.11. The Morgan fingerprint density at radius 2 is 1.67 bits per heavy atom. The summed E-state index contributed by atoms with van der Waals surface area (Å²) in [6.07, 6.45) is -2.95. The van der Waals surface area contributed by atoms with Gasteiger partial charge >= 0.3 is 6.18 Å². The van der Waals surface area contributed by atoms with Crippen molar-refractivity contribution in [3.63, 3.8) is 0 Å². The SMILES string of the molecule is CC.Cc1cc(C(F)(F)F)c2nccc(C)c2c1. The molecule has 2 aromatic rings. The van der Waals surface area contributed by atoms with Gasteiger partial charge in [-0.15, -0.1) is 0 Å². The summed E-state index contributed by atoms with van der Waals surface area (Å²) in [5.41, 5.74) is 0.763. The van der Waals surface area contributed by atoms with Crippen LogP contribution in [-0.4, -0.2) is 4.98 Å². The summed E-state index contributed by atoms with van der Waals surface area (Å²) in [6, 6.07) is 4.57. The van der Waals surface area contributed by atoms with Crippen LogP contribution >= 0.6 is 0 Å². The van der Waals surface area contributed by atoms with E-state index in [2.05, 4.69) is 4.98 Å². The summed E-state index contributed by atoms with van der Waals surface area (Å²) >= 11 is 0. The summed E-state index contributed by atoms with van der Waals surface area (Å²) < 4.78 is 38.4.